The fourth-order valence-corrected chi connectivity index (χ4v) is 2.62. The van der Waals surface area contributed by atoms with E-state index in [1.165, 1.54) is 6.42 Å². The van der Waals surface area contributed by atoms with Crippen molar-refractivity contribution in [1.29, 1.82) is 0 Å². The zero-order valence-electron chi connectivity index (χ0n) is 17.0. The van der Waals surface area contributed by atoms with Gasteiger partial charge in [0.2, 0.25) is 0 Å². The molecule has 6 heteroatoms. The van der Waals surface area contributed by atoms with Crippen LogP contribution in [0.25, 0.3) is 0 Å². The molecule has 0 bridgehead atoms. The van der Waals surface area contributed by atoms with Crippen LogP contribution in [0, 0.1) is 0 Å². The van der Waals surface area contributed by atoms with Crippen molar-refractivity contribution in [1.82, 2.24) is 15.5 Å². The van der Waals surface area contributed by atoms with Crippen LogP contribution < -0.4 is 20.1 Å². The molecule has 1 rings (SSSR count). The Balaban J connectivity index is 2.24. The number of guanidine groups is 1. The summed E-state index contributed by atoms with van der Waals surface area (Å²) in [5, 5.41) is 6.67. The fourth-order valence-electron chi connectivity index (χ4n) is 2.62. The standard InChI is InChI=1S/C20H36N4O2/c1-6-24(7-2)14-9-8-13-22-20(21-4)23-16-17(3)26-19-12-10-11-18(15-19)25-5/h10-12,15,17H,6-9,13-14,16H2,1-5H3,(H2,21,22,23). The smallest absolute Gasteiger partial charge is 0.191 e. The monoisotopic (exact) mass is 364 g/mol. The molecule has 6 nitrogen and oxygen atoms in total. The van der Waals surface area contributed by atoms with E-state index in [0.29, 0.717) is 6.54 Å². The summed E-state index contributed by atoms with van der Waals surface area (Å²) in [5.41, 5.74) is 0. The molecule has 2 N–H and O–H groups in total. The average Bonchev–Trinajstić information content (AvgIpc) is 2.67. The Bertz CT molecular complexity index is 518. The Hall–Kier alpha value is -1.95. The van der Waals surface area contributed by atoms with Crippen molar-refractivity contribution >= 4 is 5.96 Å². The minimum absolute atomic E-state index is 0.0170. The lowest BCUT2D eigenvalue weighted by Crippen LogP contribution is -2.42. The first-order valence-corrected chi connectivity index (χ1v) is 9.60. The molecule has 0 spiro atoms. The number of rotatable bonds is 12. The lowest BCUT2D eigenvalue weighted by Gasteiger charge is -2.19. The molecule has 0 aliphatic carbocycles. The SMILES string of the molecule is CCN(CC)CCCCNC(=NC)NCC(C)Oc1cccc(OC)c1. The van der Waals surface area contributed by atoms with Crippen LogP contribution in [0.4, 0.5) is 0 Å². The van der Waals surface area contributed by atoms with Crippen molar-refractivity contribution < 1.29 is 9.47 Å². The van der Waals surface area contributed by atoms with E-state index in [2.05, 4.69) is 34.4 Å². The number of aliphatic imine (C=N–C) groups is 1. The molecular formula is C20H36N4O2. The molecule has 1 atom stereocenters. The second-order valence-corrected chi connectivity index (χ2v) is 6.22. The molecule has 0 aromatic heterocycles. The Morgan fingerprint density at radius 2 is 1.88 bits per heavy atom. The van der Waals surface area contributed by atoms with Gasteiger partial charge in [-0.3, -0.25) is 4.99 Å². The first-order chi connectivity index (χ1) is 12.6. The quantitative estimate of drug-likeness (QED) is 0.339. The second kappa shape index (κ2) is 13.3. The first-order valence-electron chi connectivity index (χ1n) is 9.60. The van der Waals surface area contributed by atoms with E-state index >= 15 is 0 Å². The third kappa shape index (κ3) is 8.94. The average molecular weight is 365 g/mol. The normalized spacial score (nSPS) is 12.8. The summed E-state index contributed by atoms with van der Waals surface area (Å²) in [4.78, 5) is 6.72. The Morgan fingerprint density at radius 1 is 1.15 bits per heavy atom. The highest BCUT2D eigenvalue weighted by atomic mass is 16.5. The molecule has 0 heterocycles. The van der Waals surface area contributed by atoms with Crippen molar-refractivity contribution in [2.45, 2.75) is 39.7 Å². The molecule has 1 aromatic rings. The number of methoxy groups -OCH3 is 1. The topological polar surface area (TPSA) is 58.1 Å². The predicted octanol–water partition coefficient (Wildman–Crippen LogP) is 2.75. The Labute approximate surface area is 159 Å². The summed E-state index contributed by atoms with van der Waals surface area (Å²) in [6.07, 6.45) is 2.34. The van der Waals surface area contributed by atoms with Gasteiger partial charge in [0.05, 0.1) is 13.7 Å². The highest BCUT2D eigenvalue weighted by Crippen LogP contribution is 2.19. The molecule has 1 unspecified atom stereocenters. The van der Waals surface area contributed by atoms with Crippen molar-refractivity contribution in [3.05, 3.63) is 24.3 Å². The minimum Gasteiger partial charge on any atom is -0.497 e. The van der Waals surface area contributed by atoms with Gasteiger partial charge in [-0.15, -0.1) is 0 Å². The maximum absolute atomic E-state index is 5.92. The van der Waals surface area contributed by atoms with E-state index in [9.17, 15) is 0 Å². The summed E-state index contributed by atoms with van der Waals surface area (Å²) >= 11 is 0. The highest BCUT2D eigenvalue weighted by molar-refractivity contribution is 5.79. The number of ether oxygens (including phenoxy) is 2. The lowest BCUT2D eigenvalue weighted by molar-refractivity contribution is 0.223. The lowest BCUT2D eigenvalue weighted by atomic mass is 10.3. The van der Waals surface area contributed by atoms with Crippen LogP contribution in [0.5, 0.6) is 11.5 Å². The van der Waals surface area contributed by atoms with E-state index in [4.69, 9.17) is 9.47 Å². The number of hydrogen-bond donors (Lipinski definition) is 2. The van der Waals surface area contributed by atoms with Crippen LogP contribution in [0.2, 0.25) is 0 Å². The maximum atomic E-state index is 5.92. The first kappa shape index (κ1) is 22.1. The summed E-state index contributed by atoms with van der Waals surface area (Å²) in [7, 11) is 3.45. The molecule has 0 aliphatic heterocycles. The predicted molar refractivity (Wildman–Crippen MR) is 109 cm³/mol. The zero-order chi connectivity index (χ0) is 19.2. The van der Waals surface area contributed by atoms with E-state index in [1.54, 1.807) is 14.2 Å². The summed E-state index contributed by atoms with van der Waals surface area (Å²) in [6, 6.07) is 7.65. The minimum atomic E-state index is 0.0170. The highest BCUT2D eigenvalue weighted by Gasteiger charge is 2.06. The molecule has 0 radical (unpaired) electrons. The third-order valence-corrected chi connectivity index (χ3v) is 4.25. The van der Waals surface area contributed by atoms with Gasteiger partial charge < -0.3 is 25.0 Å². The molecule has 0 saturated heterocycles. The number of benzene rings is 1. The van der Waals surface area contributed by atoms with Crippen LogP contribution in [0.3, 0.4) is 0 Å². The van der Waals surface area contributed by atoms with Gasteiger partial charge in [0.15, 0.2) is 5.96 Å². The second-order valence-electron chi connectivity index (χ2n) is 6.22. The fraction of sp³-hybridized carbons (Fsp3) is 0.650. The van der Waals surface area contributed by atoms with Crippen molar-refractivity contribution in [2.24, 2.45) is 4.99 Å². The van der Waals surface area contributed by atoms with Gasteiger partial charge in [-0.2, -0.15) is 0 Å². The Morgan fingerprint density at radius 3 is 2.54 bits per heavy atom. The maximum Gasteiger partial charge on any atom is 0.191 e. The largest absolute Gasteiger partial charge is 0.497 e. The molecule has 0 saturated carbocycles. The van der Waals surface area contributed by atoms with Crippen LogP contribution in [0.1, 0.15) is 33.6 Å². The molecule has 1 aromatic carbocycles. The van der Waals surface area contributed by atoms with Gasteiger partial charge in [0.25, 0.3) is 0 Å². The number of nitrogens with one attached hydrogen (secondary N) is 2. The van der Waals surface area contributed by atoms with Crippen LogP contribution in [-0.4, -0.2) is 63.8 Å². The molecule has 0 aliphatic rings. The summed E-state index contributed by atoms with van der Waals surface area (Å²) in [6.45, 7) is 11.5. The van der Waals surface area contributed by atoms with Crippen LogP contribution in [0.15, 0.2) is 29.3 Å². The van der Waals surface area contributed by atoms with Crippen LogP contribution in [-0.2, 0) is 0 Å². The number of nitrogens with zero attached hydrogens (tertiary/aromatic N) is 2. The number of hydrogen-bond acceptors (Lipinski definition) is 4. The molecule has 148 valence electrons. The van der Waals surface area contributed by atoms with Gasteiger partial charge in [-0.25, -0.2) is 0 Å². The molecule has 26 heavy (non-hydrogen) atoms. The van der Waals surface area contributed by atoms with Gasteiger partial charge in [0.1, 0.15) is 17.6 Å². The van der Waals surface area contributed by atoms with E-state index in [-0.39, 0.29) is 6.10 Å². The zero-order valence-corrected chi connectivity index (χ0v) is 17.0. The summed E-state index contributed by atoms with van der Waals surface area (Å²) < 4.78 is 11.1. The molecular weight excluding hydrogens is 328 g/mol. The van der Waals surface area contributed by atoms with Gasteiger partial charge in [-0.1, -0.05) is 19.9 Å². The summed E-state index contributed by atoms with van der Waals surface area (Å²) in [5.74, 6) is 2.41. The number of unbranched alkanes of at least 4 members (excludes halogenated alkanes) is 1. The van der Waals surface area contributed by atoms with Crippen molar-refractivity contribution in [3.8, 4) is 11.5 Å². The van der Waals surface area contributed by atoms with Gasteiger partial charge in [0, 0.05) is 19.7 Å². The van der Waals surface area contributed by atoms with E-state index in [0.717, 1.165) is 50.1 Å². The van der Waals surface area contributed by atoms with Gasteiger partial charge in [-0.05, 0) is 51.5 Å². The molecule has 0 fully saturated rings. The van der Waals surface area contributed by atoms with Crippen molar-refractivity contribution in [2.75, 3.05) is 46.9 Å². The third-order valence-electron chi connectivity index (χ3n) is 4.25. The van der Waals surface area contributed by atoms with E-state index in [1.807, 2.05) is 31.2 Å². The van der Waals surface area contributed by atoms with Crippen LogP contribution >= 0.6 is 0 Å². The Kier molecular flexibility index (Phi) is 11.3. The molecule has 0 amide bonds. The van der Waals surface area contributed by atoms with Gasteiger partial charge >= 0.3 is 0 Å². The van der Waals surface area contributed by atoms with E-state index < -0.39 is 0 Å². The van der Waals surface area contributed by atoms with Crippen molar-refractivity contribution in [3.63, 3.8) is 0 Å².